The third kappa shape index (κ3) is 3.81. The Labute approximate surface area is 154 Å². The van der Waals surface area contributed by atoms with Gasteiger partial charge in [0.2, 0.25) is 0 Å². The van der Waals surface area contributed by atoms with E-state index in [1.165, 1.54) is 0 Å². The van der Waals surface area contributed by atoms with Crippen LogP contribution in [0.25, 0.3) is 11.0 Å². The lowest BCUT2D eigenvalue weighted by molar-refractivity contribution is 0.0526. The second-order valence-electron chi connectivity index (χ2n) is 5.43. The van der Waals surface area contributed by atoms with E-state index >= 15 is 0 Å². The molecule has 2 aromatic carbocycles. The number of nitrogens with one attached hydrogen (secondary N) is 1. The Balaban J connectivity index is 1.81. The van der Waals surface area contributed by atoms with Gasteiger partial charge >= 0.3 is 12.1 Å². The summed E-state index contributed by atoms with van der Waals surface area (Å²) in [5.74, 6) is 0.239. The minimum Gasteiger partial charge on any atom is -0.462 e. The molecule has 134 valence electrons. The first-order valence-electron chi connectivity index (χ1n) is 7.92. The van der Waals surface area contributed by atoms with Crippen LogP contribution in [0.3, 0.4) is 0 Å². The van der Waals surface area contributed by atoms with Crippen molar-refractivity contribution in [1.29, 1.82) is 0 Å². The van der Waals surface area contributed by atoms with Crippen molar-refractivity contribution < 1.29 is 23.5 Å². The van der Waals surface area contributed by atoms with Crippen LogP contribution >= 0.6 is 11.6 Å². The van der Waals surface area contributed by atoms with E-state index in [-0.39, 0.29) is 12.4 Å². The van der Waals surface area contributed by atoms with Crippen LogP contribution in [-0.2, 0) is 4.74 Å². The Bertz CT molecular complexity index is 962. The zero-order valence-corrected chi connectivity index (χ0v) is 14.9. The highest BCUT2D eigenvalue weighted by molar-refractivity contribution is 6.30. The van der Waals surface area contributed by atoms with Gasteiger partial charge in [-0.25, -0.2) is 9.59 Å². The molecule has 3 rings (SSSR count). The van der Waals surface area contributed by atoms with Gasteiger partial charge in [-0.15, -0.1) is 0 Å². The quantitative estimate of drug-likeness (QED) is 0.637. The van der Waals surface area contributed by atoms with Crippen molar-refractivity contribution in [2.24, 2.45) is 0 Å². The molecule has 0 saturated carbocycles. The van der Waals surface area contributed by atoms with Gasteiger partial charge in [-0.2, -0.15) is 0 Å². The number of carbonyl (C=O) groups is 2. The van der Waals surface area contributed by atoms with Gasteiger partial charge < -0.3 is 13.9 Å². The number of ether oxygens (including phenoxy) is 2. The summed E-state index contributed by atoms with van der Waals surface area (Å²) in [5, 5.41) is 3.69. The van der Waals surface area contributed by atoms with E-state index in [2.05, 4.69) is 5.32 Å². The largest absolute Gasteiger partial charge is 0.462 e. The van der Waals surface area contributed by atoms with Crippen LogP contribution in [0.2, 0.25) is 5.02 Å². The van der Waals surface area contributed by atoms with Crippen molar-refractivity contribution in [1.82, 2.24) is 0 Å². The van der Waals surface area contributed by atoms with E-state index < -0.39 is 12.1 Å². The first-order valence-corrected chi connectivity index (χ1v) is 8.30. The summed E-state index contributed by atoms with van der Waals surface area (Å²) in [4.78, 5) is 24.2. The standard InChI is InChI=1S/C19H16ClNO5/c1-3-24-18(22)17-11(2)25-16-9-8-14(10-15(16)17)26-19(23)21-13-6-4-12(20)5-7-13/h4-10H,3H2,1-2H3,(H,21,23). The highest BCUT2D eigenvalue weighted by Crippen LogP contribution is 2.30. The van der Waals surface area contributed by atoms with Gasteiger partial charge in [0.1, 0.15) is 22.7 Å². The van der Waals surface area contributed by atoms with E-state index in [1.54, 1.807) is 56.3 Å². The van der Waals surface area contributed by atoms with Crippen LogP contribution in [0.5, 0.6) is 5.75 Å². The average molecular weight is 374 g/mol. The number of anilines is 1. The maximum atomic E-state index is 12.1. The Hall–Kier alpha value is -2.99. The van der Waals surface area contributed by atoms with E-state index in [9.17, 15) is 9.59 Å². The molecule has 0 bridgehead atoms. The van der Waals surface area contributed by atoms with E-state index in [1.807, 2.05) is 0 Å². The highest BCUT2D eigenvalue weighted by Gasteiger charge is 2.20. The van der Waals surface area contributed by atoms with Gasteiger partial charge in [0.25, 0.3) is 0 Å². The number of halogens is 1. The molecule has 0 fully saturated rings. The van der Waals surface area contributed by atoms with Gasteiger partial charge in [0, 0.05) is 16.1 Å². The molecule has 0 spiro atoms. The number of furan rings is 1. The Morgan fingerprint density at radius 1 is 1.15 bits per heavy atom. The lowest BCUT2D eigenvalue weighted by atomic mass is 10.1. The van der Waals surface area contributed by atoms with Crippen LogP contribution in [-0.4, -0.2) is 18.7 Å². The number of esters is 1. The molecular weight excluding hydrogens is 358 g/mol. The fraction of sp³-hybridized carbons (Fsp3) is 0.158. The number of rotatable bonds is 4. The smallest absolute Gasteiger partial charge is 0.417 e. The Morgan fingerprint density at radius 3 is 2.58 bits per heavy atom. The minimum absolute atomic E-state index is 0.255. The summed E-state index contributed by atoms with van der Waals surface area (Å²) < 4.78 is 15.9. The fourth-order valence-electron chi connectivity index (χ4n) is 2.50. The van der Waals surface area contributed by atoms with Gasteiger partial charge in [0.05, 0.1) is 6.61 Å². The Morgan fingerprint density at radius 2 is 1.88 bits per heavy atom. The van der Waals surface area contributed by atoms with Crippen molar-refractivity contribution >= 4 is 40.3 Å². The molecule has 1 aromatic heterocycles. The first-order chi connectivity index (χ1) is 12.5. The lowest BCUT2D eigenvalue weighted by Crippen LogP contribution is -2.16. The number of aryl methyl sites for hydroxylation is 1. The molecule has 26 heavy (non-hydrogen) atoms. The zero-order chi connectivity index (χ0) is 18.7. The summed E-state index contributed by atoms with van der Waals surface area (Å²) in [6.07, 6.45) is -0.662. The molecule has 7 heteroatoms. The zero-order valence-electron chi connectivity index (χ0n) is 14.2. The molecule has 0 aliphatic heterocycles. The molecule has 3 aromatic rings. The van der Waals surface area contributed by atoms with Crippen LogP contribution in [0.4, 0.5) is 10.5 Å². The van der Waals surface area contributed by atoms with Crippen LogP contribution in [0.15, 0.2) is 46.9 Å². The van der Waals surface area contributed by atoms with Crippen LogP contribution < -0.4 is 10.1 Å². The molecule has 0 unspecified atom stereocenters. The third-order valence-electron chi connectivity index (χ3n) is 3.62. The monoisotopic (exact) mass is 373 g/mol. The summed E-state index contributed by atoms with van der Waals surface area (Å²) >= 11 is 5.81. The summed E-state index contributed by atoms with van der Waals surface area (Å²) in [5.41, 5.74) is 1.38. The summed E-state index contributed by atoms with van der Waals surface area (Å²) in [6, 6.07) is 11.4. The van der Waals surface area contributed by atoms with Gasteiger partial charge in [-0.3, -0.25) is 5.32 Å². The number of hydrogen-bond acceptors (Lipinski definition) is 5. The van der Waals surface area contributed by atoms with Crippen molar-refractivity contribution in [3.63, 3.8) is 0 Å². The average Bonchev–Trinajstić information content (AvgIpc) is 2.92. The van der Waals surface area contributed by atoms with Crippen LogP contribution in [0, 0.1) is 6.92 Å². The predicted molar refractivity (Wildman–Crippen MR) is 98.0 cm³/mol. The summed E-state index contributed by atoms with van der Waals surface area (Å²) in [6.45, 7) is 3.66. The number of benzene rings is 2. The lowest BCUT2D eigenvalue weighted by Gasteiger charge is -2.07. The van der Waals surface area contributed by atoms with Crippen molar-refractivity contribution in [3.05, 3.63) is 58.8 Å². The summed E-state index contributed by atoms with van der Waals surface area (Å²) in [7, 11) is 0. The molecule has 1 heterocycles. The molecular formula is C19H16ClNO5. The molecule has 0 radical (unpaired) electrons. The first kappa shape index (κ1) is 17.8. The predicted octanol–water partition coefficient (Wildman–Crippen LogP) is 5.18. The van der Waals surface area contributed by atoms with Gasteiger partial charge in [-0.05, 0) is 56.3 Å². The fourth-order valence-corrected chi connectivity index (χ4v) is 2.63. The van der Waals surface area contributed by atoms with Crippen molar-refractivity contribution in [2.45, 2.75) is 13.8 Å². The number of fused-ring (bicyclic) bond motifs is 1. The number of hydrogen-bond donors (Lipinski definition) is 1. The van der Waals surface area contributed by atoms with Crippen molar-refractivity contribution in [3.8, 4) is 5.75 Å². The Kier molecular flexibility index (Phi) is 5.14. The van der Waals surface area contributed by atoms with Crippen LogP contribution in [0.1, 0.15) is 23.0 Å². The van der Waals surface area contributed by atoms with Gasteiger partial charge in [0.15, 0.2) is 0 Å². The minimum atomic E-state index is -0.662. The molecule has 6 nitrogen and oxygen atoms in total. The van der Waals surface area contributed by atoms with E-state index in [4.69, 9.17) is 25.5 Å². The molecule has 0 aliphatic carbocycles. The molecule has 0 aliphatic rings. The number of carbonyl (C=O) groups excluding carboxylic acids is 2. The molecule has 0 atom stereocenters. The topological polar surface area (TPSA) is 77.8 Å². The van der Waals surface area contributed by atoms with E-state index in [0.29, 0.717) is 33.0 Å². The molecule has 1 N–H and O–H groups in total. The van der Waals surface area contributed by atoms with Crippen molar-refractivity contribution in [2.75, 3.05) is 11.9 Å². The maximum absolute atomic E-state index is 12.1. The second kappa shape index (κ2) is 7.49. The molecule has 0 saturated heterocycles. The normalized spacial score (nSPS) is 10.6. The van der Waals surface area contributed by atoms with E-state index in [0.717, 1.165) is 0 Å². The maximum Gasteiger partial charge on any atom is 0.417 e. The molecule has 1 amide bonds. The second-order valence-corrected chi connectivity index (χ2v) is 5.87. The van der Waals surface area contributed by atoms with Gasteiger partial charge in [-0.1, -0.05) is 11.6 Å². The highest BCUT2D eigenvalue weighted by atomic mass is 35.5. The third-order valence-corrected chi connectivity index (χ3v) is 3.87. The number of amides is 1. The SMILES string of the molecule is CCOC(=O)c1c(C)oc2ccc(OC(=O)Nc3ccc(Cl)cc3)cc12.